The SMILES string of the molecule is CN=C(NCc1ccc(OCC2CC2)nc1)NC1CC=CC1. The minimum Gasteiger partial charge on any atom is -0.477 e. The Labute approximate surface area is 131 Å². The van der Waals surface area contributed by atoms with Gasteiger partial charge in [-0.3, -0.25) is 4.99 Å². The van der Waals surface area contributed by atoms with Crippen molar-refractivity contribution in [2.24, 2.45) is 10.9 Å². The highest BCUT2D eigenvalue weighted by Gasteiger charge is 2.22. The van der Waals surface area contributed by atoms with Gasteiger partial charge in [-0.25, -0.2) is 4.98 Å². The highest BCUT2D eigenvalue weighted by Crippen LogP contribution is 2.29. The first kappa shape index (κ1) is 14.9. The van der Waals surface area contributed by atoms with Crippen molar-refractivity contribution in [3.05, 3.63) is 36.0 Å². The van der Waals surface area contributed by atoms with Crippen molar-refractivity contribution < 1.29 is 4.74 Å². The lowest BCUT2D eigenvalue weighted by atomic mass is 10.2. The van der Waals surface area contributed by atoms with E-state index in [9.17, 15) is 0 Å². The van der Waals surface area contributed by atoms with E-state index in [4.69, 9.17) is 4.74 Å². The van der Waals surface area contributed by atoms with Crippen LogP contribution < -0.4 is 15.4 Å². The number of aromatic nitrogens is 1. The van der Waals surface area contributed by atoms with Crippen molar-refractivity contribution in [1.29, 1.82) is 0 Å². The molecule has 1 aromatic heterocycles. The van der Waals surface area contributed by atoms with Gasteiger partial charge in [0.25, 0.3) is 0 Å². The first-order chi connectivity index (χ1) is 10.8. The van der Waals surface area contributed by atoms with Crippen LogP contribution in [-0.2, 0) is 6.54 Å². The zero-order valence-corrected chi connectivity index (χ0v) is 13.1. The third-order valence-electron chi connectivity index (χ3n) is 3.99. The second-order valence-electron chi connectivity index (χ2n) is 5.97. The molecule has 2 aliphatic carbocycles. The molecule has 5 nitrogen and oxygen atoms in total. The van der Waals surface area contributed by atoms with Gasteiger partial charge in [-0.1, -0.05) is 18.2 Å². The normalized spacial score (nSPS) is 18.5. The molecular formula is C17H24N4O. The number of hydrogen-bond acceptors (Lipinski definition) is 3. The molecule has 0 radical (unpaired) electrons. The third kappa shape index (κ3) is 4.48. The maximum absolute atomic E-state index is 5.65. The minimum absolute atomic E-state index is 0.461. The van der Waals surface area contributed by atoms with Crippen molar-refractivity contribution in [2.45, 2.75) is 38.3 Å². The molecule has 22 heavy (non-hydrogen) atoms. The molecule has 0 aliphatic heterocycles. The zero-order chi connectivity index (χ0) is 15.2. The number of hydrogen-bond donors (Lipinski definition) is 2. The molecular weight excluding hydrogens is 276 g/mol. The van der Waals surface area contributed by atoms with Gasteiger partial charge in [0, 0.05) is 31.9 Å². The lowest BCUT2D eigenvalue weighted by Gasteiger charge is -2.16. The van der Waals surface area contributed by atoms with Crippen LogP contribution in [0.3, 0.4) is 0 Å². The average molecular weight is 300 g/mol. The molecule has 1 aromatic rings. The Kier molecular flexibility index (Phi) is 4.93. The van der Waals surface area contributed by atoms with E-state index in [0.717, 1.165) is 42.8 Å². The number of rotatable bonds is 6. The lowest BCUT2D eigenvalue weighted by Crippen LogP contribution is -2.42. The summed E-state index contributed by atoms with van der Waals surface area (Å²) in [4.78, 5) is 8.61. The van der Waals surface area contributed by atoms with Gasteiger partial charge >= 0.3 is 0 Å². The summed E-state index contributed by atoms with van der Waals surface area (Å²) < 4.78 is 5.65. The lowest BCUT2D eigenvalue weighted by molar-refractivity contribution is 0.288. The number of nitrogens with one attached hydrogen (secondary N) is 2. The first-order valence-corrected chi connectivity index (χ1v) is 8.03. The standard InChI is InChI=1S/C17H24N4O/c1-18-17(21-15-4-2-3-5-15)20-11-14-8-9-16(19-10-14)22-12-13-6-7-13/h2-3,8-10,13,15H,4-7,11-12H2,1H3,(H2,18,20,21). The molecule has 2 aliphatic rings. The molecule has 1 fully saturated rings. The maximum Gasteiger partial charge on any atom is 0.213 e. The van der Waals surface area contributed by atoms with E-state index in [2.05, 4.69) is 32.8 Å². The van der Waals surface area contributed by atoms with Crippen LogP contribution in [0.1, 0.15) is 31.2 Å². The van der Waals surface area contributed by atoms with Crippen molar-refractivity contribution in [3.8, 4) is 5.88 Å². The van der Waals surface area contributed by atoms with E-state index in [1.807, 2.05) is 18.3 Å². The summed E-state index contributed by atoms with van der Waals surface area (Å²) in [7, 11) is 1.80. The van der Waals surface area contributed by atoms with Crippen molar-refractivity contribution in [3.63, 3.8) is 0 Å². The van der Waals surface area contributed by atoms with Gasteiger partial charge in [-0.2, -0.15) is 0 Å². The van der Waals surface area contributed by atoms with Gasteiger partial charge < -0.3 is 15.4 Å². The molecule has 2 N–H and O–H groups in total. The minimum atomic E-state index is 0.461. The molecule has 118 valence electrons. The topological polar surface area (TPSA) is 58.5 Å². The second-order valence-corrected chi connectivity index (χ2v) is 5.97. The quantitative estimate of drug-likeness (QED) is 0.481. The summed E-state index contributed by atoms with van der Waals surface area (Å²) in [5.41, 5.74) is 1.12. The van der Waals surface area contributed by atoms with E-state index < -0.39 is 0 Å². The predicted molar refractivity (Wildman–Crippen MR) is 88.0 cm³/mol. The fraction of sp³-hybridized carbons (Fsp3) is 0.529. The van der Waals surface area contributed by atoms with Gasteiger partial charge in [0.2, 0.25) is 5.88 Å². The van der Waals surface area contributed by atoms with Crippen molar-refractivity contribution >= 4 is 5.96 Å². The van der Waals surface area contributed by atoms with E-state index >= 15 is 0 Å². The van der Waals surface area contributed by atoms with Gasteiger partial charge in [0.1, 0.15) is 0 Å². The van der Waals surface area contributed by atoms with Crippen LogP contribution in [0.25, 0.3) is 0 Å². The number of guanidine groups is 1. The summed E-state index contributed by atoms with van der Waals surface area (Å²) in [5.74, 6) is 2.31. The average Bonchev–Trinajstić information content (AvgIpc) is 3.25. The van der Waals surface area contributed by atoms with Crippen molar-refractivity contribution in [2.75, 3.05) is 13.7 Å². The monoisotopic (exact) mass is 300 g/mol. The largest absolute Gasteiger partial charge is 0.477 e. The summed E-state index contributed by atoms with van der Waals surface area (Å²) in [5, 5.41) is 6.74. The summed E-state index contributed by atoms with van der Waals surface area (Å²) >= 11 is 0. The smallest absolute Gasteiger partial charge is 0.213 e. The van der Waals surface area contributed by atoms with Gasteiger partial charge in [-0.15, -0.1) is 0 Å². The Morgan fingerprint density at radius 1 is 1.32 bits per heavy atom. The number of ether oxygens (including phenoxy) is 1. The van der Waals surface area contributed by atoms with E-state index in [-0.39, 0.29) is 0 Å². The molecule has 1 heterocycles. The van der Waals surface area contributed by atoms with E-state index in [1.165, 1.54) is 12.8 Å². The van der Waals surface area contributed by atoms with Gasteiger partial charge in [0.15, 0.2) is 5.96 Å². The molecule has 0 unspecified atom stereocenters. The Hall–Kier alpha value is -2.04. The Morgan fingerprint density at radius 2 is 2.14 bits per heavy atom. The van der Waals surface area contributed by atoms with Crippen LogP contribution in [0.4, 0.5) is 0 Å². The van der Waals surface area contributed by atoms with Crippen LogP contribution in [0.2, 0.25) is 0 Å². The fourth-order valence-electron chi connectivity index (χ4n) is 2.40. The van der Waals surface area contributed by atoms with Crippen LogP contribution in [0.15, 0.2) is 35.5 Å². The molecule has 0 aromatic carbocycles. The fourth-order valence-corrected chi connectivity index (χ4v) is 2.40. The highest BCUT2D eigenvalue weighted by molar-refractivity contribution is 5.80. The molecule has 5 heteroatoms. The Morgan fingerprint density at radius 3 is 2.77 bits per heavy atom. The summed E-state index contributed by atoms with van der Waals surface area (Å²) in [6, 6.07) is 4.45. The second kappa shape index (κ2) is 7.29. The molecule has 0 atom stereocenters. The van der Waals surface area contributed by atoms with Crippen molar-refractivity contribution in [1.82, 2.24) is 15.6 Å². The Bertz CT molecular complexity index is 526. The molecule has 3 rings (SSSR count). The molecule has 0 bridgehead atoms. The Balaban J connectivity index is 1.43. The van der Waals surface area contributed by atoms with Crippen LogP contribution in [0, 0.1) is 5.92 Å². The summed E-state index contributed by atoms with van der Waals surface area (Å²) in [6.07, 6.45) is 11.0. The zero-order valence-electron chi connectivity index (χ0n) is 13.1. The van der Waals surface area contributed by atoms with Crippen LogP contribution >= 0.6 is 0 Å². The number of nitrogens with zero attached hydrogens (tertiary/aromatic N) is 2. The number of pyridine rings is 1. The predicted octanol–water partition coefficient (Wildman–Crippen LogP) is 2.25. The molecule has 0 spiro atoms. The van der Waals surface area contributed by atoms with E-state index in [1.54, 1.807) is 7.05 Å². The summed E-state index contributed by atoms with van der Waals surface area (Å²) in [6.45, 7) is 1.51. The third-order valence-corrected chi connectivity index (χ3v) is 3.99. The number of aliphatic imine (C=N–C) groups is 1. The maximum atomic E-state index is 5.65. The van der Waals surface area contributed by atoms with Gasteiger partial charge in [-0.05, 0) is 37.2 Å². The molecule has 1 saturated carbocycles. The molecule has 0 amide bonds. The van der Waals surface area contributed by atoms with Gasteiger partial charge in [0.05, 0.1) is 6.61 Å². The van der Waals surface area contributed by atoms with Crippen LogP contribution in [0.5, 0.6) is 5.88 Å². The first-order valence-electron chi connectivity index (χ1n) is 8.03. The molecule has 0 saturated heterocycles. The van der Waals surface area contributed by atoms with Crippen LogP contribution in [-0.4, -0.2) is 30.6 Å². The van der Waals surface area contributed by atoms with E-state index in [0.29, 0.717) is 12.6 Å². The highest BCUT2D eigenvalue weighted by atomic mass is 16.5.